The summed E-state index contributed by atoms with van der Waals surface area (Å²) in [7, 11) is -2.46. The number of carbonyl (C=O) groups excluding carboxylic acids is 3. The summed E-state index contributed by atoms with van der Waals surface area (Å²) in [5, 5.41) is 0. The van der Waals surface area contributed by atoms with Gasteiger partial charge in [-0.3, -0.25) is 0 Å². The summed E-state index contributed by atoms with van der Waals surface area (Å²) in [6, 6.07) is 0. The predicted molar refractivity (Wildman–Crippen MR) is 55.8 cm³/mol. The molecule has 0 aliphatic rings. The van der Waals surface area contributed by atoms with Crippen molar-refractivity contribution < 1.29 is 28.0 Å². The van der Waals surface area contributed by atoms with E-state index >= 15 is 0 Å². The fourth-order valence-corrected chi connectivity index (χ4v) is 1.16. The van der Waals surface area contributed by atoms with Crippen molar-refractivity contribution in [2.75, 3.05) is 0 Å². The van der Waals surface area contributed by atoms with Crippen LogP contribution in [-0.2, 0) is 28.0 Å². The van der Waals surface area contributed by atoms with Crippen molar-refractivity contribution in [1.29, 1.82) is 0 Å². The van der Waals surface area contributed by atoms with Gasteiger partial charge in [0, 0.05) is 18.2 Å². The van der Waals surface area contributed by atoms with Crippen molar-refractivity contribution in [3.05, 3.63) is 38.0 Å². The number of carbonyl (C=O) groups is 3. The third-order valence-electron chi connectivity index (χ3n) is 0.994. The van der Waals surface area contributed by atoms with Gasteiger partial charge in [-0.1, -0.05) is 19.7 Å². The molecule has 0 amide bonds. The quantitative estimate of drug-likeness (QED) is 0.519. The summed E-state index contributed by atoms with van der Waals surface area (Å²) in [6.45, 7) is 9.38. The molecule has 0 rings (SSSR count). The van der Waals surface area contributed by atoms with Crippen LogP contribution in [0.1, 0.15) is 0 Å². The molecule has 0 heterocycles. The SMILES string of the molecule is C=CC(=O)OP(OC(=O)C=C)OC(=O)C=C. The Morgan fingerprint density at radius 2 is 1.00 bits per heavy atom. The molecule has 0 saturated carbocycles. The number of rotatable bonds is 6. The van der Waals surface area contributed by atoms with E-state index in [0.29, 0.717) is 0 Å². The maximum Gasteiger partial charge on any atom is 0.537 e. The lowest BCUT2D eigenvalue weighted by Gasteiger charge is -2.11. The van der Waals surface area contributed by atoms with Crippen LogP contribution in [0.4, 0.5) is 0 Å². The lowest BCUT2D eigenvalue weighted by molar-refractivity contribution is -0.136. The molecule has 0 aromatic carbocycles. The second-order valence-electron chi connectivity index (χ2n) is 2.07. The summed E-state index contributed by atoms with van der Waals surface area (Å²) in [5.41, 5.74) is 0. The molecule has 0 radical (unpaired) electrons. The molecule has 16 heavy (non-hydrogen) atoms. The molecule has 0 bridgehead atoms. The van der Waals surface area contributed by atoms with Gasteiger partial charge in [-0.25, -0.2) is 14.4 Å². The first-order valence-corrected chi connectivity index (χ1v) is 4.96. The normalized spacial score (nSPS) is 8.81. The zero-order chi connectivity index (χ0) is 12.6. The minimum Gasteiger partial charge on any atom is -0.372 e. The minimum absolute atomic E-state index is 0.832. The van der Waals surface area contributed by atoms with Gasteiger partial charge in [0.05, 0.1) is 0 Å². The molecule has 0 unspecified atom stereocenters. The Morgan fingerprint density at radius 3 is 1.19 bits per heavy atom. The largest absolute Gasteiger partial charge is 0.537 e. The van der Waals surface area contributed by atoms with Crippen molar-refractivity contribution in [3.8, 4) is 0 Å². The highest BCUT2D eigenvalue weighted by Gasteiger charge is 2.24. The summed E-state index contributed by atoms with van der Waals surface area (Å²) in [4.78, 5) is 32.4. The van der Waals surface area contributed by atoms with Crippen LogP contribution in [0.15, 0.2) is 38.0 Å². The highest BCUT2D eigenvalue weighted by molar-refractivity contribution is 7.43. The van der Waals surface area contributed by atoms with E-state index < -0.39 is 26.5 Å². The lowest BCUT2D eigenvalue weighted by atomic mass is 10.7. The van der Waals surface area contributed by atoms with Crippen molar-refractivity contribution >= 4 is 26.5 Å². The standard InChI is InChI=1S/C9H9O6P/c1-4-7(10)13-16(14-8(11)5-2)15-9(12)6-3/h4-6H,1-3H2. The zero-order valence-electron chi connectivity index (χ0n) is 8.25. The van der Waals surface area contributed by atoms with Crippen molar-refractivity contribution in [3.63, 3.8) is 0 Å². The molecule has 0 atom stereocenters. The first-order chi connectivity index (χ1) is 7.53. The highest BCUT2D eigenvalue weighted by atomic mass is 31.2. The van der Waals surface area contributed by atoms with Gasteiger partial charge < -0.3 is 13.6 Å². The van der Waals surface area contributed by atoms with Crippen LogP contribution in [0.25, 0.3) is 0 Å². The Labute approximate surface area is 93.2 Å². The molecule has 0 aliphatic heterocycles. The number of hydrogen-bond donors (Lipinski definition) is 0. The minimum atomic E-state index is -2.46. The molecule has 0 aromatic rings. The summed E-state index contributed by atoms with van der Waals surface area (Å²) >= 11 is 0. The molecule has 6 nitrogen and oxygen atoms in total. The Bertz CT molecular complexity index is 283. The smallest absolute Gasteiger partial charge is 0.372 e. The van der Waals surface area contributed by atoms with Gasteiger partial charge in [-0.15, -0.1) is 0 Å². The molecule has 0 aliphatic carbocycles. The summed E-state index contributed by atoms with van der Waals surface area (Å²) in [5.74, 6) is -2.67. The van der Waals surface area contributed by atoms with Crippen LogP contribution < -0.4 is 0 Å². The van der Waals surface area contributed by atoms with Gasteiger partial charge in [0.2, 0.25) is 0 Å². The second-order valence-corrected chi connectivity index (χ2v) is 3.06. The van der Waals surface area contributed by atoms with Gasteiger partial charge in [-0.2, -0.15) is 0 Å². The molecule has 0 aromatic heterocycles. The molecule has 0 fully saturated rings. The lowest BCUT2D eigenvalue weighted by Crippen LogP contribution is -2.07. The summed E-state index contributed by atoms with van der Waals surface area (Å²) in [6.07, 6.45) is 2.50. The summed E-state index contributed by atoms with van der Waals surface area (Å²) < 4.78 is 13.4. The van der Waals surface area contributed by atoms with E-state index in [1.165, 1.54) is 0 Å². The molecule has 0 saturated heterocycles. The number of hydrogen-bond acceptors (Lipinski definition) is 6. The van der Waals surface area contributed by atoms with Crippen LogP contribution in [0.2, 0.25) is 0 Å². The Morgan fingerprint density at radius 1 is 0.750 bits per heavy atom. The van der Waals surface area contributed by atoms with Crippen LogP contribution in [0, 0.1) is 0 Å². The van der Waals surface area contributed by atoms with E-state index in [-0.39, 0.29) is 0 Å². The monoisotopic (exact) mass is 244 g/mol. The predicted octanol–water partition coefficient (Wildman–Crippen LogP) is 1.40. The average Bonchev–Trinajstić information content (AvgIpc) is 2.28. The fourth-order valence-electron chi connectivity index (χ4n) is 0.388. The molecule has 86 valence electrons. The van der Waals surface area contributed by atoms with E-state index in [4.69, 9.17) is 0 Å². The van der Waals surface area contributed by atoms with Crippen molar-refractivity contribution in [1.82, 2.24) is 0 Å². The third kappa shape index (κ3) is 5.72. The van der Waals surface area contributed by atoms with Crippen LogP contribution in [-0.4, -0.2) is 17.9 Å². The first-order valence-electron chi connectivity index (χ1n) is 3.86. The van der Waals surface area contributed by atoms with E-state index in [1.54, 1.807) is 0 Å². The maximum atomic E-state index is 10.8. The molecule has 7 heteroatoms. The van der Waals surface area contributed by atoms with Crippen LogP contribution in [0.5, 0.6) is 0 Å². The molecular formula is C9H9O6P. The van der Waals surface area contributed by atoms with E-state index in [0.717, 1.165) is 18.2 Å². The van der Waals surface area contributed by atoms with Crippen molar-refractivity contribution in [2.24, 2.45) is 0 Å². The van der Waals surface area contributed by atoms with Gasteiger partial charge in [0.1, 0.15) is 0 Å². The third-order valence-corrected chi connectivity index (χ3v) is 1.98. The zero-order valence-corrected chi connectivity index (χ0v) is 9.14. The van der Waals surface area contributed by atoms with Gasteiger partial charge in [0.25, 0.3) is 0 Å². The molecule has 0 spiro atoms. The molecule has 0 N–H and O–H groups in total. The second kappa shape index (κ2) is 7.36. The topological polar surface area (TPSA) is 78.9 Å². The van der Waals surface area contributed by atoms with Crippen LogP contribution in [0.3, 0.4) is 0 Å². The molecular weight excluding hydrogens is 235 g/mol. The first kappa shape index (κ1) is 14.1. The Kier molecular flexibility index (Phi) is 6.47. The highest BCUT2D eigenvalue weighted by Crippen LogP contribution is 2.40. The van der Waals surface area contributed by atoms with Gasteiger partial charge >= 0.3 is 26.5 Å². The van der Waals surface area contributed by atoms with E-state index in [1.807, 2.05) is 0 Å². The average molecular weight is 244 g/mol. The Hall–Kier alpha value is -1.94. The van der Waals surface area contributed by atoms with Gasteiger partial charge in [0.15, 0.2) is 0 Å². The van der Waals surface area contributed by atoms with Crippen LogP contribution >= 0.6 is 8.60 Å². The van der Waals surface area contributed by atoms with E-state index in [2.05, 4.69) is 33.3 Å². The van der Waals surface area contributed by atoms with Gasteiger partial charge in [-0.05, 0) is 0 Å². The maximum absolute atomic E-state index is 10.8. The van der Waals surface area contributed by atoms with Crippen molar-refractivity contribution in [2.45, 2.75) is 0 Å². The van der Waals surface area contributed by atoms with E-state index in [9.17, 15) is 14.4 Å². The Balaban J connectivity index is 4.48. The fraction of sp³-hybridized carbons (Fsp3) is 0.